The summed E-state index contributed by atoms with van der Waals surface area (Å²) in [5, 5.41) is 2.95. The summed E-state index contributed by atoms with van der Waals surface area (Å²) in [5.41, 5.74) is 3.57. The number of amides is 1. The maximum Gasteiger partial charge on any atom is 0.224 e. The minimum atomic E-state index is 0.0814. The molecule has 0 heterocycles. The van der Waals surface area contributed by atoms with Crippen LogP contribution in [-0.2, 0) is 17.6 Å². The van der Waals surface area contributed by atoms with Crippen LogP contribution in [0.4, 0.5) is 5.69 Å². The Bertz CT molecular complexity index is 345. The van der Waals surface area contributed by atoms with Gasteiger partial charge in [-0.25, -0.2) is 0 Å². The number of hydrogen-bond donors (Lipinski definition) is 1. The minimum absolute atomic E-state index is 0.0814. The highest BCUT2D eigenvalue weighted by atomic mass is 16.1. The summed E-state index contributed by atoms with van der Waals surface area (Å²) in [6.07, 6.45) is 2.50. The van der Waals surface area contributed by atoms with Crippen molar-refractivity contribution < 1.29 is 4.79 Å². The van der Waals surface area contributed by atoms with E-state index >= 15 is 0 Å². The van der Waals surface area contributed by atoms with Crippen LogP contribution in [-0.4, -0.2) is 5.91 Å². The van der Waals surface area contributed by atoms with E-state index in [2.05, 4.69) is 25.2 Å². The smallest absolute Gasteiger partial charge is 0.224 e. The molecule has 0 bridgehead atoms. The fourth-order valence-electron chi connectivity index (χ4n) is 1.74. The highest BCUT2D eigenvalue weighted by molar-refractivity contribution is 5.91. The van der Waals surface area contributed by atoms with Crippen molar-refractivity contribution in [3.8, 4) is 0 Å². The second-order valence-electron chi connectivity index (χ2n) is 3.55. The second-order valence-corrected chi connectivity index (χ2v) is 3.55. The maximum absolute atomic E-state index is 11.3. The van der Waals surface area contributed by atoms with Crippen molar-refractivity contribution in [1.29, 1.82) is 0 Å². The molecule has 17 heavy (non-hydrogen) atoms. The van der Waals surface area contributed by atoms with E-state index in [0.717, 1.165) is 18.5 Å². The van der Waals surface area contributed by atoms with Gasteiger partial charge in [0.15, 0.2) is 0 Å². The normalized spacial score (nSPS) is 9.24. The van der Waals surface area contributed by atoms with Gasteiger partial charge in [-0.2, -0.15) is 0 Å². The van der Waals surface area contributed by atoms with Crippen LogP contribution in [0.25, 0.3) is 0 Å². The Hall–Kier alpha value is -1.31. The van der Waals surface area contributed by atoms with E-state index in [4.69, 9.17) is 0 Å². The summed E-state index contributed by atoms with van der Waals surface area (Å²) in [6.45, 7) is 10.1. The van der Waals surface area contributed by atoms with Crippen LogP contribution >= 0.6 is 0 Å². The zero-order chi connectivity index (χ0) is 13.3. The summed E-state index contributed by atoms with van der Waals surface area (Å²) < 4.78 is 0. The Morgan fingerprint density at radius 1 is 1.12 bits per heavy atom. The molecule has 96 valence electrons. The largest absolute Gasteiger partial charge is 0.326 e. The molecule has 0 radical (unpaired) electrons. The lowest BCUT2D eigenvalue weighted by atomic mass is 10.0. The number of aryl methyl sites for hydroxylation is 1. The molecule has 0 saturated heterocycles. The molecule has 0 atom stereocenters. The summed E-state index contributed by atoms with van der Waals surface area (Å²) in [7, 11) is 0. The summed E-state index contributed by atoms with van der Waals surface area (Å²) >= 11 is 0. The number of carbonyl (C=O) groups excluding carboxylic acids is 1. The third-order valence-corrected chi connectivity index (χ3v) is 2.60. The Morgan fingerprint density at radius 3 is 2.24 bits per heavy atom. The zero-order valence-corrected chi connectivity index (χ0v) is 11.8. The molecule has 0 unspecified atom stereocenters. The van der Waals surface area contributed by atoms with Gasteiger partial charge in [0.2, 0.25) is 5.91 Å². The summed E-state index contributed by atoms with van der Waals surface area (Å²) in [5.74, 6) is 0.0814. The SMILES string of the molecule is CC.CCC(=O)Nc1cccc(CC)c1CC. The van der Waals surface area contributed by atoms with Crippen molar-refractivity contribution in [2.45, 2.75) is 53.9 Å². The molecule has 2 heteroatoms. The lowest BCUT2D eigenvalue weighted by molar-refractivity contribution is -0.115. The van der Waals surface area contributed by atoms with Crippen LogP contribution in [0.2, 0.25) is 0 Å². The molecule has 0 fully saturated rings. The minimum Gasteiger partial charge on any atom is -0.326 e. The first-order valence-corrected chi connectivity index (χ1v) is 6.63. The van der Waals surface area contributed by atoms with Gasteiger partial charge in [0, 0.05) is 12.1 Å². The number of anilines is 1. The molecule has 0 aliphatic rings. The maximum atomic E-state index is 11.3. The van der Waals surface area contributed by atoms with Crippen molar-refractivity contribution in [2.24, 2.45) is 0 Å². The van der Waals surface area contributed by atoms with Crippen molar-refractivity contribution in [2.75, 3.05) is 5.32 Å². The molecule has 1 aromatic rings. The number of nitrogens with one attached hydrogen (secondary N) is 1. The molecule has 1 N–H and O–H groups in total. The average molecular weight is 235 g/mol. The fraction of sp³-hybridized carbons (Fsp3) is 0.533. The van der Waals surface area contributed by atoms with Crippen molar-refractivity contribution in [3.05, 3.63) is 29.3 Å². The first-order valence-electron chi connectivity index (χ1n) is 6.63. The predicted molar refractivity (Wildman–Crippen MR) is 75.5 cm³/mol. The molecule has 0 spiro atoms. The Balaban J connectivity index is 0.00000121. The average Bonchev–Trinajstić information content (AvgIpc) is 2.40. The summed E-state index contributed by atoms with van der Waals surface area (Å²) in [4.78, 5) is 11.3. The summed E-state index contributed by atoms with van der Waals surface area (Å²) in [6, 6.07) is 6.11. The van der Waals surface area contributed by atoms with Gasteiger partial charge in [0.25, 0.3) is 0 Å². The number of hydrogen-bond acceptors (Lipinski definition) is 1. The van der Waals surface area contributed by atoms with E-state index in [9.17, 15) is 4.79 Å². The molecular formula is C15H25NO. The Morgan fingerprint density at radius 2 is 1.76 bits per heavy atom. The van der Waals surface area contributed by atoms with E-state index in [1.807, 2.05) is 32.9 Å². The monoisotopic (exact) mass is 235 g/mol. The van der Waals surface area contributed by atoms with Crippen LogP contribution in [0.3, 0.4) is 0 Å². The van der Waals surface area contributed by atoms with Gasteiger partial charge in [-0.1, -0.05) is 46.8 Å². The third kappa shape index (κ3) is 4.59. The van der Waals surface area contributed by atoms with Crippen LogP contribution < -0.4 is 5.32 Å². The van der Waals surface area contributed by atoms with E-state index in [1.54, 1.807) is 0 Å². The van der Waals surface area contributed by atoms with Crippen LogP contribution in [0.1, 0.15) is 52.2 Å². The predicted octanol–water partition coefficient (Wildman–Crippen LogP) is 4.19. The zero-order valence-electron chi connectivity index (χ0n) is 11.8. The molecule has 0 saturated carbocycles. The third-order valence-electron chi connectivity index (χ3n) is 2.60. The Kier molecular flexibility index (Phi) is 8.12. The first-order chi connectivity index (χ1) is 8.22. The highest BCUT2D eigenvalue weighted by Gasteiger charge is 2.07. The number of benzene rings is 1. The first kappa shape index (κ1) is 15.7. The molecular weight excluding hydrogens is 210 g/mol. The van der Waals surface area contributed by atoms with Crippen molar-refractivity contribution in [3.63, 3.8) is 0 Å². The van der Waals surface area contributed by atoms with Crippen LogP contribution in [0, 0.1) is 0 Å². The molecule has 2 nitrogen and oxygen atoms in total. The second kappa shape index (κ2) is 8.80. The fourth-order valence-corrected chi connectivity index (χ4v) is 1.74. The van der Waals surface area contributed by atoms with Gasteiger partial charge in [0.05, 0.1) is 0 Å². The number of carbonyl (C=O) groups is 1. The van der Waals surface area contributed by atoms with Gasteiger partial charge in [-0.15, -0.1) is 0 Å². The molecule has 1 rings (SSSR count). The topological polar surface area (TPSA) is 29.1 Å². The van der Waals surface area contributed by atoms with Crippen molar-refractivity contribution in [1.82, 2.24) is 0 Å². The van der Waals surface area contributed by atoms with Gasteiger partial charge in [-0.05, 0) is 30.0 Å². The quantitative estimate of drug-likeness (QED) is 0.833. The highest BCUT2D eigenvalue weighted by Crippen LogP contribution is 2.21. The van der Waals surface area contributed by atoms with Gasteiger partial charge < -0.3 is 5.32 Å². The standard InChI is InChI=1S/C13H19NO.C2H6/c1-4-10-8-7-9-12(11(10)5-2)14-13(15)6-3;1-2/h7-9H,4-6H2,1-3H3,(H,14,15);1-2H3. The van der Waals surface area contributed by atoms with Gasteiger partial charge in [-0.3, -0.25) is 4.79 Å². The Labute approximate surface area is 105 Å². The lowest BCUT2D eigenvalue weighted by Gasteiger charge is -2.12. The van der Waals surface area contributed by atoms with Gasteiger partial charge in [0.1, 0.15) is 0 Å². The molecule has 1 aromatic carbocycles. The van der Waals surface area contributed by atoms with Crippen LogP contribution in [0.5, 0.6) is 0 Å². The van der Waals surface area contributed by atoms with Gasteiger partial charge >= 0.3 is 0 Å². The van der Waals surface area contributed by atoms with E-state index < -0.39 is 0 Å². The van der Waals surface area contributed by atoms with E-state index in [-0.39, 0.29) is 5.91 Å². The molecule has 0 aliphatic carbocycles. The lowest BCUT2D eigenvalue weighted by Crippen LogP contribution is -2.12. The van der Waals surface area contributed by atoms with Crippen LogP contribution in [0.15, 0.2) is 18.2 Å². The molecule has 1 amide bonds. The molecule has 0 aliphatic heterocycles. The van der Waals surface area contributed by atoms with Crippen molar-refractivity contribution >= 4 is 11.6 Å². The number of rotatable bonds is 4. The van der Waals surface area contributed by atoms with E-state index in [1.165, 1.54) is 11.1 Å². The van der Waals surface area contributed by atoms with E-state index in [0.29, 0.717) is 6.42 Å². The molecule has 0 aromatic heterocycles.